The van der Waals surface area contributed by atoms with E-state index in [2.05, 4.69) is 4.72 Å². The van der Waals surface area contributed by atoms with Crippen molar-refractivity contribution in [2.24, 2.45) is 5.92 Å². The molecular weight excluding hydrogens is 376 g/mol. The summed E-state index contributed by atoms with van der Waals surface area (Å²) in [5, 5.41) is 8.82. The van der Waals surface area contributed by atoms with Crippen LogP contribution < -0.4 is 4.72 Å². The van der Waals surface area contributed by atoms with E-state index < -0.39 is 22.0 Å². The van der Waals surface area contributed by atoms with Crippen LogP contribution in [0.25, 0.3) is 0 Å². The minimum atomic E-state index is -3.85. The van der Waals surface area contributed by atoms with Crippen LogP contribution in [-0.2, 0) is 26.2 Å². The first-order valence-corrected chi connectivity index (χ1v) is 10.4. The van der Waals surface area contributed by atoms with Crippen LogP contribution in [0.5, 0.6) is 0 Å². The van der Waals surface area contributed by atoms with E-state index in [0.717, 1.165) is 11.1 Å². The predicted octanol–water partition coefficient (Wildman–Crippen LogP) is 3.30. The van der Waals surface area contributed by atoms with Gasteiger partial charge in [-0.1, -0.05) is 43.7 Å². The normalized spacial score (nSPS) is 12.4. The van der Waals surface area contributed by atoms with Gasteiger partial charge in [-0.05, 0) is 49.1 Å². The van der Waals surface area contributed by atoms with Crippen LogP contribution in [-0.4, -0.2) is 20.4 Å². The molecule has 148 valence electrons. The van der Waals surface area contributed by atoms with Crippen molar-refractivity contribution in [1.82, 2.24) is 4.72 Å². The summed E-state index contributed by atoms with van der Waals surface area (Å²) in [6, 6.07) is 14.1. The average Bonchev–Trinajstić information content (AvgIpc) is 2.65. The monoisotopic (exact) mass is 400 g/mol. The van der Waals surface area contributed by atoms with E-state index in [0.29, 0.717) is 12.0 Å². The molecule has 0 aliphatic heterocycles. The number of hydrogen-bond acceptors (Lipinski definition) is 5. The number of sulfonamides is 1. The third-order valence-corrected chi connectivity index (χ3v) is 5.57. The fourth-order valence-corrected chi connectivity index (χ4v) is 3.76. The van der Waals surface area contributed by atoms with Crippen LogP contribution in [0.4, 0.5) is 0 Å². The molecule has 6 nitrogen and oxygen atoms in total. The van der Waals surface area contributed by atoms with Crippen LogP contribution in [0.15, 0.2) is 53.4 Å². The Balaban J connectivity index is 2.09. The molecule has 0 spiro atoms. The van der Waals surface area contributed by atoms with Gasteiger partial charge in [-0.2, -0.15) is 9.98 Å². The lowest BCUT2D eigenvalue weighted by Gasteiger charge is -2.19. The molecule has 2 rings (SSSR count). The van der Waals surface area contributed by atoms with Gasteiger partial charge in [-0.15, -0.1) is 0 Å². The summed E-state index contributed by atoms with van der Waals surface area (Å²) >= 11 is 0. The average molecular weight is 401 g/mol. The third-order valence-electron chi connectivity index (χ3n) is 4.08. The minimum absolute atomic E-state index is 0.00535. The van der Waals surface area contributed by atoms with Gasteiger partial charge in [0.2, 0.25) is 10.0 Å². The van der Waals surface area contributed by atoms with E-state index >= 15 is 0 Å². The topological polar surface area (TPSA) is 96.3 Å². The van der Waals surface area contributed by atoms with Crippen LogP contribution in [0, 0.1) is 24.2 Å². The minimum Gasteiger partial charge on any atom is -0.460 e. The standard InChI is InChI=1S/C21H24N2O4S/c1-15(2)12-20(23-28(25,26)19-10-4-16(3)5-11-19)21(24)27-14-18-8-6-17(13-22)7-9-18/h4-11,15,20,23H,12,14H2,1-3H3/t20-/m0/s1. The largest absolute Gasteiger partial charge is 0.460 e. The number of nitrogens with one attached hydrogen (secondary N) is 1. The molecule has 1 N–H and O–H groups in total. The van der Waals surface area contributed by atoms with E-state index in [1.807, 2.05) is 26.8 Å². The molecule has 2 aromatic carbocycles. The van der Waals surface area contributed by atoms with E-state index in [1.165, 1.54) is 12.1 Å². The second kappa shape index (κ2) is 9.49. The zero-order chi connectivity index (χ0) is 20.7. The van der Waals surface area contributed by atoms with Crippen molar-refractivity contribution in [2.45, 2.75) is 44.7 Å². The smallest absolute Gasteiger partial charge is 0.324 e. The van der Waals surface area contributed by atoms with Crippen molar-refractivity contribution in [3.8, 4) is 6.07 Å². The zero-order valence-corrected chi connectivity index (χ0v) is 17.0. The molecule has 0 radical (unpaired) electrons. The maximum atomic E-state index is 12.6. The quantitative estimate of drug-likeness (QED) is 0.686. The van der Waals surface area contributed by atoms with Crippen molar-refractivity contribution in [3.05, 3.63) is 65.2 Å². The van der Waals surface area contributed by atoms with Crippen molar-refractivity contribution < 1.29 is 17.9 Å². The van der Waals surface area contributed by atoms with Gasteiger partial charge in [0.05, 0.1) is 16.5 Å². The van der Waals surface area contributed by atoms with E-state index in [-0.39, 0.29) is 17.4 Å². The Morgan fingerprint density at radius 2 is 1.71 bits per heavy atom. The van der Waals surface area contributed by atoms with Gasteiger partial charge in [0, 0.05) is 0 Å². The molecule has 2 aromatic rings. The molecule has 7 heteroatoms. The number of hydrogen-bond donors (Lipinski definition) is 1. The molecule has 0 bridgehead atoms. The number of carbonyl (C=O) groups is 1. The second-order valence-electron chi connectivity index (χ2n) is 7.03. The summed E-state index contributed by atoms with van der Waals surface area (Å²) in [6.45, 7) is 5.68. The summed E-state index contributed by atoms with van der Waals surface area (Å²) in [4.78, 5) is 12.6. The van der Waals surface area contributed by atoms with Crippen molar-refractivity contribution in [2.75, 3.05) is 0 Å². The Kier molecular flexibility index (Phi) is 7.32. The lowest BCUT2D eigenvalue weighted by molar-refractivity contribution is -0.147. The Hall–Kier alpha value is -2.69. The fourth-order valence-electron chi connectivity index (χ4n) is 2.57. The fraction of sp³-hybridized carbons (Fsp3) is 0.333. The van der Waals surface area contributed by atoms with Gasteiger partial charge in [0.15, 0.2) is 0 Å². The lowest BCUT2D eigenvalue weighted by Crippen LogP contribution is -2.42. The highest BCUT2D eigenvalue weighted by Crippen LogP contribution is 2.15. The molecule has 0 saturated carbocycles. The van der Waals surface area contributed by atoms with Crippen molar-refractivity contribution >= 4 is 16.0 Å². The summed E-state index contributed by atoms with van der Waals surface area (Å²) < 4.78 is 33.1. The van der Waals surface area contributed by atoms with E-state index in [1.54, 1.807) is 36.4 Å². The van der Waals surface area contributed by atoms with E-state index in [4.69, 9.17) is 10.00 Å². The molecule has 0 aliphatic carbocycles. The molecule has 0 aliphatic rings. The van der Waals surface area contributed by atoms with Crippen LogP contribution in [0.3, 0.4) is 0 Å². The molecular formula is C21H24N2O4S. The molecule has 1 atom stereocenters. The second-order valence-corrected chi connectivity index (χ2v) is 8.75. The number of ether oxygens (including phenoxy) is 1. The number of nitriles is 1. The maximum absolute atomic E-state index is 12.6. The van der Waals surface area contributed by atoms with Gasteiger partial charge in [0.25, 0.3) is 0 Å². The van der Waals surface area contributed by atoms with Gasteiger partial charge in [-0.25, -0.2) is 8.42 Å². The van der Waals surface area contributed by atoms with Gasteiger partial charge < -0.3 is 4.74 Å². The predicted molar refractivity (Wildman–Crippen MR) is 106 cm³/mol. The number of benzene rings is 2. The van der Waals surface area contributed by atoms with Crippen LogP contribution in [0.2, 0.25) is 0 Å². The Bertz CT molecular complexity index is 943. The number of carbonyl (C=O) groups excluding carboxylic acids is 1. The van der Waals surface area contributed by atoms with Crippen LogP contribution in [0.1, 0.15) is 37.0 Å². The highest BCUT2D eigenvalue weighted by Gasteiger charge is 2.27. The van der Waals surface area contributed by atoms with Crippen molar-refractivity contribution in [3.63, 3.8) is 0 Å². The number of aryl methyl sites for hydroxylation is 1. The molecule has 0 aromatic heterocycles. The Labute approximate surface area is 166 Å². The number of esters is 1. The molecule has 28 heavy (non-hydrogen) atoms. The Morgan fingerprint density at radius 1 is 1.11 bits per heavy atom. The Morgan fingerprint density at radius 3 is 2.25 bits per heavy atom. The number of rotatable bonds is 8. The number of nitrogens with zero attached hydrogens (tertiary/aromatic N) is 1. The van der Waals surface area contributed by atoms with Gasteiger partial charge in [-0.3, -0.25) is 4.79 Å². The summed E-state index contributed by atoms with van der Waals surface area (Å²) in [6.07, 6.45) is 0.317. The first-order valence-electron chi connectivity index (χ1n) is 8.96. The highest BCUT2D eigenvalue weighted by molar-refractivity contribution is 7.89. The molecule has 0 saturated heterocycles. The van der Waals surface area contributed by atoms with E-state index in [9.17, 15) is 13.2 Å². The first kappa shape index (κ1) is 21.6. The molecule has 0 heterocycles. The SMILES string of the molecule is Cc1ccc(S(=O)(=O)N[C@@H](CC(C)C)C(=O)OCc2ccc(C#N)cc2)cc1. The summed E-state index contributed by atoms with van der Waals surface area (Å²) in [7, 11) is -3.85. The maximum Gasteiger partial charge on any atom is 0.324 e. The zero-order valence-electron chi connectivity index (χ0n) is 16.2. The highest BCUT2D eigenvalue weighted by atomic mass is 32.2. The third kappa shape index (κ3) is 6.19. The molecule has 0 unspecified atom stereocenters. The summed E-state index contributed by atoms with van der Waals surface area (Å²) in [5.74, 6) is -0.540. The lowest BCUT2D eigenvalue weighted by atomic mass is 10.0. The van der Waals surface area contributed by atoms with Gasteiger partial charge >= 0.3 is 5.97 Å². The first-order chi connectivity index (χ1) is 13.2. The summed E-state index contributed by atoms with van der Waals surface area (Å²) in [5.41, 5.74) is 2.18. The van der Waals surface area contributed by atoms with Crippen LogP contribution >= 0.6 is 0 Å². The molecule has 0 amide bonds. The van der Waals surface area contributed by atoms with Gasteiger partial charge in [0.1, 0.15) is 12.6 Å². The van der Waals surface area contributed by atoms with Crippen molar-refractivity contribution in [1.29, 1.82) is 5.26 Å². The molecule has 0 fully saturated rings.